The molecule has 0 aliphatic heterocycles. The van der Waals surface area contributed by atoms with E-state index in [9.17, 15) is 0 Å². The fraction of sp³-hybridized carbons (Fsp3) is 0.176. The summed E-state index contributed by atoms with van der Waals surface area (Å²) in [5, 5.41) is 1.07. The van der Waals surface area contributed by atoms with Crippen LogP contribution in [0, 0.1) is 0 Å². The monoisotopic (exact) mass is 281 g/mol. The fourth-order valence-electron chi connectivity index (χ4n) is 2.39. The van der Waals surface area contributed by atoms with Crippen molar-refractivity contribution in [2.75, 3.05) is 6.54 Å². The molecule has 1 heterocycles. The Morgan fingerprint density at radius 3 is 2.67 bits per heavy atom. The van der Waals surface area contributed by atoms with Gasteiger partial charge >= 0.3 is 0 Å². The number of hydrogen-bond acceptors (Lipinski definition) is 3. The lowest BCUT2D eigenvalue weighted by atomic mass is 10.1. The molecule has 0 radical (unpaired) electrons. The van der Waals surface area contributed by atoms with Crippen LogP contribution in [0.3, 0.4) is 0 Å². The van der Waals surface area contributed by atoms with Crippen molar-refractivity contribution in [3.05, 3.63) is 65.9 Å². The highest BCUT2D eigenvalue weighted by molar-refractivity contribution is 5.85. The van der Waals surface area contributed by atoms with E-state index < -0.39 is 0 Å². The molecule has 4 nitrogen and oxygen atoms in total. The zero-order chi connectivity index (χ0) is 14.7. The average Bonchev–Trinajstić information content (AvgIpc) is 2.96. The molecule has 1 atom stereocenters. The second-order valence-electron chi connectivity index (χ2n) is 5.07. The van der Waals surface area contributed by atoms with Crippen molar-refractivity contribution in [3.8, 4) is 5.75 Å². The van der Waals surface area contributed by atoms with Gasteiger partial charge in [0.15, 0.2) is 0 Å². The molecule has 108 valence electrons. The van der Waals surface area contributed by atoms with Crippen LogP contribution in [0.15, 0.2) is 54.7 Å². The minimum absolute atomic E-state index is 0.164. The van der Waals surface area contributed by atoms with E-state index >= 15 is 0 Å². The number of nitrogens with two attached hydrogens (primary N) is 2. The van der Waals surface area contributed by atoms with Crippen LogP contribution < -0.4 is 16.2 Å². The maximum absolute atomic E-state index is 6.03. The molecule has 3 aromatic rings. The number of benzene rings is 2. The Morgan fingerprint density at radius 1 is 1.10 bits per heavy atom. The molecule has 2 aromatic carbocycles. The second kappa shape index (κ2) is 5.99. The van der Waals surface area contributed by atoms with Crippen LogP contribution in [-0.4, -0.2) is 11.5 Å². The van der Waals surface area contributed by atoms with Crippen LogP contribution in [0.25, 0.3) is 10.9 Å². The van der Waals surface area contributed by atoms with Crippen molar-refractivity contribution in [1.82, 2.24) is 4.98 Å². The summed E-state index contributed by atoms with van der Waals surface area (Å²) >= 11 is 0. The molecule has 0 aliphatic carbocycles. The lowest BCUT2D eigenvalue weighted by Crippen LogP contribution is -2.20. The molecule has 0 bridgehead atoms. The summed E-state index contributed by atoms with van der Waals surface area (Å²) < 4.78 is 5.85. The fourth-order valence-corrected chi connectivity index (χ4v) is 2.39. The molecule has 1 aromatic heterocycles. The molecule has 5 N–H and O–H groups in total. The number of hydrogen-bond donors (Lipinski definition) is 3. The number of ether oxygens (including phenoxy) is 1. The first kappa shape index (κ1) is 13.7. The molecule has 1 unspecified atom stereocenters. The molecular formula is C17H19N3O. The Hall–Kier alpha value is -2.30. The van der Waals surface area contributed by atoms with Gasteiger partial charge in [-0.25, -0.2) is 0 Å². The van der Waals surface area contributed by atoms with E-state index in [-0.39, 0.29) is 6.04 Å². The van der Waals surface area contributed by atoms with Crippen LogP contribution >= 0.6 is 0 Å². The number of nitrogens with one attached hydrogen (secondary N) is 1. The first-order valence-electron chi connectivity index (χ1n) is 7.01. The molecule has 0 saturated heterocycles. The maximum Gasteiger partial charge on any atom is 0.120 e. The third-order valence-corrected chi connectivity index (χ3v) is 3.59. The van der Waals surface area contributed by atoms with Gasteiger partial charge in [0.1, 0.15) is 12.4 Å². The Balaban J connectivity index is 1.83. The van der Waals surface area contributed by atoms with Crippen molar-refractivity contribution in [3.63, 3.8) is 0 Å². The summed E-state index contributed by atoms with van der Waals surface area (Å²) in [4.78, 5) is 3.21. The van der Waals surface area contributed by atoms with Crippen molar-refractivity contribution < 1.29 is 4.74 Å². The Kier molecular flexibility index (Phi) is 3.90. The molecule has 0 fully saturated rings. The van der Waals surface area contributed by atoms with Gasteiger partial charge in [0.05, 0.1) is 0 Å². The predicted octanol–water partition coefficient (Wildman–Crippen LogP) is 2.71. The summed E-state index contributed by atoms with van der Waals surface area (Å²) in [5.41, 5.74) is 14.9. The van der Waals surface area contributed by atoms with Crippen LogP contribution in [-0.2, 0) is 6.61 Å². The van der Waals surface area contributed by atoms with E-state index in [2.05, 4.69) is 4.98 Å². The summed E-state index contributed by atoms with van der Waals surface area (Å²) in [7, 11) is 0. The molecule has 4 heteroatoms. The second-order valence-corrected chi connectivity index (χ2v) is 5.07. The third-order valence-electron chi connectivity index (χ3n) is 3.59. The number of H-pyrrole nitrogens is 1. The highest BCUT2D eigenvalue weighted by Crippen LogP contribution is 2.27. The van der Waals surface area contributed by atoms with Crippen LogP contribution in [0.1, 0.15) is 17.2 Å². The zero-order valence-electron chi connectivity index (χ0n) is 11.8. The molecule has 0 amide bonds. The number of rotatable bonds is 5. The lowest BCUT2D eigenvalue weighted by molar-refractivity contribution is 0.306. The zero-order valence-corrected chi connectivity index (χ0v) is 11.8. The standard InChI is InChI=1S/C17H19N3O/c18-9-16(19)15-10-20-17-7-6-13(8-14(15)17)21-11-12-4-2-1-3-5-12/h1-8,10,16,20H,9,11,18-19H2. The van der Waals surface area contributed by atoms with E-state index in [1.165, 1.54) is 0 Å². The highest BCUT2D eigenvalue weighted by Gasteiger charge is 2.11. The van der Waals surface area contributed by atoms with Crippen molar-refractivity contribution >= 4 is 10.9 Å². The Bertz CT molecular complexity index is 721. The van der Waals surface area contributed by atoms with Gasteiger partial charge in [0.2, 0.25) is 0 Å². The van der Waals surface area contributed by atoms with Crippen LogP contribution in [0.2, 0.25) is 0 Å². The van der Waals surface area contributed by atoms with E-state index in [4.69, 9.17) is 16.2 Å². The Labute approximate surface area is 123 Å². The van der Waals surface area contributed by atoms with Gasteiger partial charge in [-0.2, -0.15) is 0 Å². The quantitative estimate of drug-likeness (QED) is 0.673. The average molecular weight is 281 g/mol. The summed E-state index contributed by atoms with van der Waals surface area (Å²) in [6.07, 6.45) is 1.92. The first-order chi connectivity index (χ1) is 10.3. The molecule has 0 spiro atoms. The van der Waals surface area contributed by atoms with Gasteiger partial charge in [-0.05, 0) is 29.3 Å². The predicted molar refractivity (Wildman–Crippen MR) is 85.1 cm³/mol. The first-order valence-corrected chi connectivity index (χ1v) is 7.01. The molecule has 0 saturated carbocycles. The van der Waals surface area contributed by atoms with Gasteiger partial charge in [0, 0.05) is 29.7 Å². The molecule has 21 heavy (non-hydrogen) atoms. The van der Waals surface area contributed by atoms with E-state index in [0.717, 1.165) is 27.8 Å². The van der Waals surface area contributed by atoms with Crippen molar-refractivity contribution in [1.29, 1.82) is 0 Å². The Morgan fingerprint density at radius 2 is 1.90 bits per heavy atom. The van der Waals surface area contributed by atoms with Gasteiger partial charge in [0.25, 0.3) is 0 Å². The van der Waals surface area contributed by atoms with Gasteiger partial charge in [-0.3, -0.25) is 0 Å². The van der Waals surface area contributed by atoms with Gasteiger partial charge < -0.3 is 21.2 Å². The summed E-state index contributed by atoms with van der Waals surface area (Å²) in [6.45, 7) is 0.969. The molecule has 0 aliphatic rings. The maximum atomic E-state index is 6.03. The summed E-state index contributed by atoms with van der Waals surface area (Å²) in [6, 6.07) is 15.9. The minimum Gasteiger partial charge on any atom is -0.489 e. The molecular weight excluding hydrogens is 262 g/mol. The SMILES string of the molecule is NCC(N)c1c[nH]c2ccc(OCc3ccccc3)cc12. The highest BCUT2D eigenvalue weighted by atomic mass is 16.5. The van der Waals surface area contributed by atoms with E-state index in [1.807, 2.05) is 54.7 Å². The largest absolute Gasteiger partial charge is 0.489 e. The third kappa shape index (κ3) is 2.91. The summed E-state index contributed by atoms with van der Waals surface area (Å²) in [5.74, 6) is 0.830. The number of aromatic amines is 1. The lowest BCUT2D eigenvalue weighted by Gasteiger charge is -2.09. The van der Waals surface area contributed by atoms with Crippen LogP contribution in [0.5, 0.6) is 5.75 Å². The number of aromatic nitrogens is 1. The normalized spacial score (nSPS) is 12.5. The minimum atomic E-state index is -0.164. The van der Waals surface area contributed by atoms with E-state index in [0.29, 0.717) is 13.2 Å². The smallest absolute Gasteiger partial charge is 0.120 e. The topological polar surface area (TPSA) is 77.1 Å². The molecule has 3 rings (SSSR count). The number of fused-ring (bicyclic) bond motifs is 1. The van der Waals surface area contributed by atoms with Crippen molar-refractivity contribution in [2.24, 2.45) is 11.5 Å². The van der Waals surface area contributed by atoms with E-state index in [1.54, 1.807) is 0 Å². The van der Waals surface area contributed by atoms with Gasteiger partial charge in [-0.1, -0.05) is 30.3 Å². The van der Waals surface area contributed by atoms with Crippen molar-refractivity contribution in [2.45, 2.75) is 12.6 Å². The van der Waals surface area contributed by atoms with Crippen LogP contribution in [0.4, 0.5) is 0 Å². The van der Waals surface area contributed by atoms with Gasteiger partial charge in [-0.15, -0.1) is 0 Å².